The van der Waals surface area contributed by atoms with Crippen LogP contribution in [0, 0.1) is 5.92 Å². The molecule has 5 heteroatoms. The van der Waals surface area contributed by atoms with E-state index in [2.05, 4.69) is 17.5 Å². The molecule has 1 aromatic rings. The van der Waals surface area contributed by atoms with Gasteiger partial charge >= 0.3 is 0 Å². The van der Waals surface area contributed by atoms with Crippen LogP contribution in [0.3, 0.4) is 0 Å². The highest BCUT2D eigenvalue weighted by Crippen LogP contribution is 2.21. The van der Waals surface area contributed by atoms with Gasteiger partial charge in [-0.1, -0.05) is 12.2 Å². The highest BCUT2D eigenvalue weighted by molar-refractivity contribution is 5.92. The van der Waals surface area contributed by atoms with E-state index in [9.17, 15) is 9.59 Å². The Morgan fingerprint density at radius 3 is 2.60 bits per heavy atom. The van der Waals surface area contributed by atoms with E-state index in [-0.39, 0.29) is 18.4 Å². The van der Waals surface area contributed by atoms with Crippen molar-refractivity contribution >= 4 is 17.5 Å². The first-order valence-corrected chi connectivity index (χ1v) is 6.62. The molecule has 1 aliphatic rings. The van der Waals surface area contributed by atoms with E-state index < -0.39 is 5.91 Å². The molecule has 0 aromatic heterocycles. The summed E-state index contributed by atoms with van der Waals surface area (Å²) in [5.41, 5.74) is 5.71. The molecule has 106 valence electrons. The zero-order valence-electron chi connectivity index (χ0n) is 11.2. The zero-order chi connectivity index (χ0) is 14.4. The number of allylic oxidation sites excluding steroid dienone is 2. The topological polar surface area (TPSA) is 81.4 Å². The molecular formula is C15H18N2O3. The Bertz CT molecular complexity index is 508. The summed E-state index contributed by atoms with van der Waals surface area (Å²) in [5, 5.41) is 2.88. The van der Waals surface area contributed by atoms with Gasteiger partial charge in [0.15, 0.2) is 6.61 Å². The smallest absolute Gasteiger partial charge is 0.255 e. The molecule has 0 fully saturated rings. The van der Waals surface area contributed by atoms with E-state index in [1.807, 2.05) is 0 Å². The van der Waals surface area contributed by atoms with Gasteiger partial charge in [0.25, 0.3) is 5.91 Å². The standard InChI is InChI=1S/C15H18N2O3/c16-14(18)10-20-13-8-6-12(7-9-13)17-15(19)11-4-2-1-3-5-11/h1-2,6-9,11H,3-5,10H2,(H2,16,18)(H,17,19). The van der Waals surface area contributed by atoms with Gasteiger partial charge in [-0.05, 0) is 43.5 Å². The van der Waals surface area contributed by atoms with Crippen molar-refractivity contribution in [1.29, 1.82) is 0 Å². The van der Waals surface area contributed by atoms with Gasteiger partial charge in [0, 0.05) is 11.6 Å². The molecule has 2 amide bonds. The second kappa shape index (κ2) is 6.75. The minimum Gasteiger partial charge on any atom is -0.484 e. The minimum absolute atomic E-state index is 0.0418. The molecule has 1 unspecified atom stereocenters. The monoisotopic (exact) mass is 274 g/mol. The van der Waals surface area contributed by atoms with Crippen LogP contribution in [0.25, 0.3) is 0 Å². The number of rotatable bonds is 5. The van der Waals surface area contributed by atoms with E-state index in [1.54, 1.807) is 24.3 Å². The Balaban J connectivity index is 1.88. The predicted octanol–water partition coefficient (Wildman–Crippen LogP) is 1.85. The SMILES string of the molecule is NC(=O)COc1ccc(NC(=O)C2CC=CCC2)cc1. The van der Waals surface area contributed by atoms with Gasteiger partial charge in [0.05, 0.1) is 0 Å². The van der Waals surface area contributed by atoms with Crippen molar-refractivity contribution < 1.29 is 14.3 Å². The zero-order valence-corrected chi connectivity index (χ0v) is 11.2. The van der Waals surface area contributed by atoms with E-state index in [0.29, 0.717) is 5.75 Å². The van der Waals surface area contributed by atoms with Crippen molar-refractivity contribution in [3.8, 4) is 5.75 Å². The maximum atomic E-state index is 12.0. The van der Waals surface area contributed by atoms with Crippen LogP contribution in [0.4, 0.5) is 5.69 Å². The molecule has 0 spiro atoms. The molecule has 0 radical (unpaired) electrons. The summed E-state index contributed by atoms with van der Waals surface area (Å²) < 4.78 is 5.15. The summed E-state index contributed by atoms with van der Waals surface area (Å²) in [6.07, 6.45) is 6.80. The maximum Gasteiger partial charge on any atom is 0.255 e. The van der Waals surface area contributed by atoms with Crippen LogP contribution in [0.5, 0.6) is 5.75 Å². The number of nitrogens with two attached hydrogens (primary N) is 1. The third-order valence-corrected chi connectivity index (χ3v) is 3.14. The molecular weight excluding hydrogens is 256 g/mol. The number of carbonyl (C=O) groups is 2. The molecule has 0 heterocycles. The average Bonchev–Trinajstić information content (AvgIpc) is 2.47. The average molecular weight is 274 g/mol. The van der Waals surface area contributed by atoms with Crippen molar-refractivity contribution in [2.24, 2.45) is 11.7 Å². The summed E-state index contributed by atoms with van der Waals surface area (Å²) in [4.78, 5) is 22.6. The number of anilines is 1. The van der Waals surface area contributed by atoms with Crippen molar-refractivity contribution in [2.45, 2.75) is 19.3 Å². The van der Waals surface area contributed by atoms with Crippen LogP contribution in [-0.4, -0.2) is 18.4 Å². The molecule has 2 rings (SSSR count). The number of benzene rings is 1. The molecule has 0 saturated carbocycles. The molecule has 20 heavy (non-hydrogen) atoms. The number of primary amides is 1. The lowest BCUT2D eigenvalue weighted by atomic mass is 9.93. The van der Waals surface area contributed by atoms with Crippen molar-refractivity contribution in [3.05, 3.63) is 36.4 Å². The summed E-state index contributed by atoms with van der Waals surface area (Å²) in [6, 6.07) is 6.87. The van der Waals surface area contributed by atoms with Crippen LogP contribution < -0.4 is 15.8 Å². The lowest BCUT2D eigenvalue weighted by Gasteiger charge is -2.17. The van der Waals surface area contributed by atoms with Crippen molar-refractivity contribution in [2.75, 3.05) is 11.9 Å². The molecule has 0 saturated heterocycles. The first-order valence-electron chi connectivity index (χ1n) is 6.62. The van der Waals surface area contributed by atoms with Gasteiger partial charge in [-0.3, -0.25) is 9.59 Å². The third kappa shape index (κ3) is 4.12. The maximum absolute atomic E-state index is 12.0. The Morgan fingerprint density at radius 1 is 1.25 bits per heavy atom. The lowest BCUT2D eigenvalue weighted by molar-refractivity contribution is -0.120. The number of carbonyl (C=O) groups excluding carboxylic acids is 2. The van der Waals surface area contributed by atoms with Crippen LogP contribution in [0.1, 0.15) is 19.3 Å². The van der Waals surface area contributed by atoms with E-state index in [1.165, 1.54) is 0 Å². The normalized spacial score (nSPS) is 17.5. The Kier molecular flexibility index (Phi) is 4.76. The first kappa shape index (κ1) is 14.1. The van der Waals surface area contributed by atoms with Gasteiger partial charge in [0.2, 0.25) is 5.91 Å². The fraction of sp³-hybridized carbons (Fsp3) is 0.333. The number of hydrogen-bond acceptors (Lipinski definition) is 3. The van der Waals surface area contributed by atoms with Crippen molar-refractivity contribution in [3.63, 3.8) is 0 Å². The second-order valence-electron chi connectivity index (χ2n) is 4.75. The van der Waals surface area contributed by atoms with E-state index in [4.69, 9.17) is 10.5 Å². The number of nitrogens with one attached hydrogen (secondary N) is 1. The minimum atomic E-state index is -0.521. The van der Waals surface area contributed by atoms with E-state index in [0.717, 1.165) is 24.9 Å². The summed E-state index contributed by atoms with van der Waals surface area (Å²) >= 11 is 0. The lowest BCUT2D eigenvalue weighted by Crippen LogP contribution is -2.23. The molecule has 3 N–H and O–H groups in total. The van der Waals surface area contributed by atoms with Crippen LogP contribution in [0.15, 0.2) is 36.4 Å². The van der Waals surface area contributed by atoms with E-state index >= 15 is 0 Å². The Morgan fingerprint density at radius 2 is 2.00 bits per heavy atom. The largest absolute Gasteiger partial charge is 0.484 e. The van der Waals surface area contributed by atoms with Gasteiger partial charge < -0.3 is 15.8 Å². The summed E-state index contributed by atoms with van der Waals surface area (Å²) in [7, 11) is 0. The van der Waals surface area contributed by atoms with Gasteiger partial charge in [-0.15, -0.1) is 0 Å². The summed E-state index contributed by atoms with van der Waals surface area (Å²) in [5.74, 6) is 0.112. The molecule has 0 aliphatic heterocycles. The molecule has 1 aromatic carbocycles. The van der Waals surface area contributed by atoms with Crippen molar-refractivity contribution in [1.82, 2.24) is 0 Å². The highest BCUT2D eigenvalue weighted by Gasteiger charge is 2.18. The number of ether oxygens (including phenoxy) is 1. The fourth-order valence-corrected chi connectivity index (χ4v) is 2.07. The van der Waals surface area contributed by atoms with Gasteiger partial charge in [-0.2, -0.15) is 0 Å². The molecule has 1 atom stereocenters. The second-order valence-corrected chi connectivity index (χ2v) is 4.75. The Hall–Kier alpha value is -2.30. The van der Waals surface area contributed by atoms with Crippen LogP contribution >= 0.6 is 0 Å². The first-order chi connectivity index (χ1) is 9.65. The van der Waals surface area contributed by atoms with Crippen LogP contribution in [-0.2, 0) is 9.59 Å². The number of hydrogen-bond donors (Lipinski definition) is 2. The summed E-state index contributed by atoms with van der Waals surface area (Å²) in [6.45, 7) is -0.153. The molecule has 5 nitrogen and oxygen atoms in total. The Labute approximate surface area is 117 Å². The quantitative estimate of drug-likeness (QED) is 0.804. The van der Waals surface area contributed by atoms with Gasteiger partial charge in [-0.25, -0.2) is 0 Å². The molecule has 1 aliphatic carbocycles. The highest BCUT2D eigenvalue weighted by atomic mass is 16.5. The molecule has 0 bridgehead atoms. The fourth-order valence-electron chi connectivity index (χ4n) is 2.07. The van der Waals surface area contributed by atoms with Crippen LogP contribution in [0.2, 0.25) is 0 Å². The third-order valence-electron chi connectivity index (χ3n) is 3.14. The van der Waals surface area contributed by atoms with Gasteiger partial charge in [0.1, 0.15) is 5.75 Å². The number of amides is 2. The predicted molar refractivity (Wildman–Crippen MR) is 76.2 cm³/mol.